The lowest BCUT2D eigenvalue weighted by Crippen LogP contribution is -2.27. The summed E-state index contributed by atoms with van der Waals surface area (Å²) in [6.07, 6.45) is 6.53. The van der Waals surface area contributed by atoms with E-state index in [0.717, 1.165) is 127 Å². The molecule has 0 amide bonds. The van der Waals surface area contributed by atoms with Crippen LogP contribution in [0.3, 0.4) is 0 Å². The van der Waals surface area contributed by atoms with Gasteiger partial charge in [0.05, 0.1) is 79.2 Å². The first-order chi connectivity index (χ1) is 37.3. The van der Waals surface area contributed by atoms with Gasteiger partial charge in [-0.3, -0.25) is 9.97 Å². The van der Waals surface area contributed by atoms with Crippen molar-refractivity contribution < 1.29 is 37.2 Å². The Morgan fingerprint density at radius 1 is 0.526 bits per heavy atom. The number of hydrogen-bond donors (Lipinski definition) is 2. The lowest BCUT2D eigenvalue weighted by Gasteiger charge is -2.33. The van der Waals surface area contributed by atoms with Crippen molar-refractivity contribution in [2.75, 3.05) is 26.4 Å². The van der Waals surface area contributed by atoms with E-state index in [0.29, 0.717) is 37.6 Å². The molecule has 0 saturated carbocycles. The van der Waals surface area contributed by atoms with Gasteiger partial charge in [0.1, 0.15) is 23.3 Å². The molecule has 0 spiro atoms. The van der Waals surface area contributed by atoms with Crippen LogP contribution in [0, 0.1) is 49.0 Å². The SMILES string of the molecule is Cc1nnn(C)c1-c1cnc2c3ccc(C(C)(C)O)cc3n(C(c3ccc(F)cc3F)C3CCOCC3)c2c1.Cc1nnn(C)c1-c1cnc2c3ccc(C(C)(C)O)cc3n(C(c3ccc(F)cc3F)C3CCOCC3)c2c1. The van der Waals surface area contributed by atoms with Crippen LogP contribution in [-0.2, 0) is 34.8 Å². The van der Waals surface area contributed by atoms with Gasteiger partial charge >= 0.3 is 0 Å². The smallest absolute Gasteiger partial charge is 0.131 e. The molecule has 4 aromatic carbocycles. The van der Waals surface area contributed by atoms with Gasteiger partial charge in [-0.2, -0.15) is 0 Å². The molecule has 2 atom stereocenters. The summed E-state index contributed by atoms with van der Waals surface area (Å²) in [5, 5.41) is 40.2. The summed E-state index contributed by atoms with van der Waals surface area (Å²) in [6, 6.07) is 22.5. The third kappa shape index (κ3) is 9.62. The lowest BCUT2D eigenvalue weighted by molar-refractivity contribution is 0.0547. The Hall–Kier alpha value is -7.38. The molecule has 2 aliphatic heterocycles. The van der Waals surface area contributed by atoms with Crippen molar-refractivity contribution in [1.82, 2.24) is 49.1 Å². The predicted octanol–water partition coefficient (Wildman–Crippen LogP) is 11.6. The number of hydrogen-bond acceptors (Lipinski definition) is 10. The molecule has 14 nitrogen and oxygen atoms in total. The first kappa shape index (κ1) is 52.7. The molecule has 0 radical (unpaired) electrons. The number of aromatic nitrogens is 10. The van der Waals surface area contributed by atoms with E-state index < -0.39 is 46.6 Å². The fourth-order valence-electron chi connectivity index (χ4n) is 11.9. The Kier molecular flexibility index (Phi) is 13.8. The van der Waals surface area contributed by atoms with Crippen LogP contribution in [0.1, 0.15) is 99.1 Å². The van der Waals surface area contributed by atoms with E-state index in [1.54, 1.807) is 49.2 Å². The number of aryl methyl sites for hydroxylation is 4. The lowest BCUT2D eigenvalue weighted by atomic mass is 9.86. The zero-order valence-electron chi connectivity index (χ0n) is 44.9. The normalized spacial score (nSPS) is 15.9. The highest BCUT2D eigenvalue weighted by atomic mass is 19.1. The number of ether oxygens (including phenoxy) is 2. The summed E-state index contributed by atoms with van der Waals surface area (Å²) in [6.45, 7) is 13.0. The Bertz CT molecular complexity index is 3600. The second kappa shape index (κ2) is 20.4. The fraction of sp³-hybridized carbons (Fsp3) is 0.367. The van der Waals surface area contributed by atoms with Gasteiger partial charge in [0.25, 0.3) is 0 Å². The van der Waals surface area contributed by atoms with Gasteiger partial charge in [0.15, 0.2) is 0 Å². The van der Waals surface area contributed by atoms with Gasteiger partial charge in [-0.1, -0.05) is 46.8 Å². The summed E-state index contributed by atoms with van der Waals surface area (Å²) < 4.78 is 78.2. The van der Waals surface area contributed by atoms with Gasteiger partial charge in [0.2, 0.25) is 0 Å². The highest BCUT2D eigenvalue weighted by molar-refractivity contribution is 6.08. The first-order valence-electron chi connectivity index (χ1n) is 26.4. The van der Waals surface area contributed by atoms with E-state index in [4.69, 9.17) is 19.4 Å². The molecule has 2 unspecified atom stereocenters. The number of rotatable bonds is 10. The Morgan fingerprint density at radius 2 is 0.910 bits per heavy atom. The van der Waals surface area contributed by atoms with Crippen LogP contribution in [-0.4, -0.2) is 85.7 Å². The maximum Gasteiger partial charge on any atom is 0.131 e. The summed E-state index contributed by atoms with van der Waals surface area (Å²) in [4.78, 5) is 9.77. The number of benzene rings is 4. The molecular formula is C60H62F4N10O4. The zero-order chi connectivity index (χ0) is 54.9. The second-order valence-electron chi connectivity index (χ2n) is 21.9. The highest BCUT2D eigenvalue weighted by Crippen LogP contribution is 2.45. The minimum Gasteiger partial charge on any atom is -0.386 e. The number of aliphatic hydroxyl groups is 2. The van der Waals surface area contributed by atoms with Crippen LogP contribution in [0.2, 0.25) is 0 Å². The monoisotopic (exact) mass is 1060 g/mol. The number of halogens is 4. The van der Waals surface area contributed by atoms with Crippen molar-refractivity contribution in [3.63, 3.8) is 0 Å². The molecule has 6 aromatic heterocycles. The highest BCUT2D eigenvalue weighted by Gasteiger charge is 2.35. The summed E-state index contributed by atoms with van der Waals surface area (Å²) in [5.74, 6) is -2.33. The van der Waals surface area contributed by atoms with E-state index in [1.807, 2.05) is 88.9 Å². The molecule has 8 heterocycles. The maximum atomic E-state index is 15.6. The third-order valence-corrected chi connectivity index (χ3v) is 15.8. The topological polar surface area (TPSA) is 156 Å². The Balaban J connectivity index is 0.000000165. The van der Waals surface area contributed by atoms with Crippen LogP contribution < -0.4 is 0 Å². The van der Waals surface area contributed by atoms with Crippen molar-refractivity contribution in [2.45, 2.75) is 90.5 Å². The fourth-order valence-corrected chi connectivity index (χ4v) is 11.9. The molecule has 78 heavy (non-hydrogen) atoms. The Labute approximate surface area is 448 Å². The van der Waals surface area contributed by atoms with E-state index in [2.05, 4.69) is 29.8 Å². The zero-order valence-corrected chi connectivity index (χ0v) is 44.9. The molecule has 404 valence electrons. The van der Waals surface area contributed by atoms with Crippen molar-refractivity contribution in [3.8, 4) is 22.5 Å². The average Bonchev–Trinajstić information content (AvgIpc) is 4.30. The van der Waals surface area contributed by atoms with Crippen molar-refractivity contribution in [2.24, 2.45) is 25.9 Å². The van der Waals surface area contributed by atoms with Gasteiger partial charge < -0.3 is 28.8 Å². The number of pyridine rings is 2. The van der Waals surface area contributed by atoms with Gasteiger partial charge in [-0.05, 0) is 127 Å². The Morgan fingerprint density at radius 3 is 1.24 bits per heavy atom. The quantitative estimate of drug-likeness (QED) is 0.126. The molecule has 18 heteroatoms. The molecule has 10 aromatic rings. The maximum absolute atomic E-state index is 15.6. The molecular weight excluding hydrogens is 1000 g/mol. The number of nitrogens with zero attached hydrogens (tertiary/aromatic N) is 10. The molecule has 2 aliphatic rings. The van der Waals surface area contributed by atoms with Crippen LogP contribution in [0.25, 0.3) is 66.4 Å². The minimum absolute atomic E-state index is 0.0343. The van der Waals surface area contributed by atoms with Crippen molar-refractivity contribution >= 4 is 43.9 Å². The average molecular weight is 1060 g/mol. The van der Waals surface area contributed by atoms with E-state index in [1.165, 1.54) is 12.1 Å². The summed E-state index contributed by atoms with van der Waals surface area (Å²) in [7, 11) is 3.67. The molecule has 12 rings (SSSR count). The first-order valence-corrected chi connectivity index (χ1v) is 26.4. The molecule has 2 saturated heterocycles. The molecule has 2 fully saturated rings. The van der Waals surface area contributed by atoms with E-state index in [-0.39, 0.29) is 11.8 Å². The molecule has 2 N–H and O–H groups in total. The summed E-state index contributed by atoms with van der Waals surface area (Å²) in [5.41, 5.74) is 9.86. The van der Waals surface area contributed by atoms with E-state index >= 15 is 8.78 Å². The standard InChI is InChI=1S/2C30H31F2N5O2/c2*1-17-28(36(4)35-34-17)19-13-26-27(33-16-19)23-7-5-20(30(2,3)38)14-25(23)37(26)29(18-9-11-39-12-10-18)22-8-6-21(31)15-24(22)32/h2*5-8,13-16,18,29,38H,9-12H2,1-4H3. The van der Waals surface area contributed by atoms with Crippen molar-refractivity contribution in [3.05, 3.63) is 154 Å². The van der Waals surface area contributed by atoms with Crippen LogP contribution in [0.15, 0.2) is 97.3 Å². The largest absolute Gasteiger partial charge is 0.386 e. The minimum atomic E-state index is -1.08. The molecule has 0 bridgehead atoms. The van der Waals surface area contributed by atoms with Gasteiger partial charge in [-0.15, -0.1) is 10.2 Å². The second-order valence-corrected chi connectivity index (χ2v) is 21.9. The van der Waals surface area contributed by atoms with E-state index in [9.17, 15) is 19.0 Å². The third-order valence-electron chi connectivity index (χ3n) is 15.8. The van der Waals surface area contributed by atoms with Crippen LogP contribution in [0.4, 0.5) is 17.6 Å². The molecule has 0 aliphatic carbocycles. The number of fused-ring (bicyclic) bond motifs is 6. The van der Waals surface area contributed by atoms with Crippen LogP contribution in [0.5, 0.6) is 0 Å². The van der Waals surface area contributed by atoms with Gasteiger partial charge in [0, 0.05) is 98.1 Å². The summed E-state index contributed by atoms with van der Waals surface area (Å²) >= 11 is 0. The van der Waals surface area contributed by atoms with Crippen LogP contribution >= 0.6 is 0 Å². The van der Waals surface area contributed by atoms with Crippen molar-refractivity contribution in [1.29, 1.82) is 0 Å². The van der Waals surface area contributed by atoms with Gasteiger partial charge in [-0.25, -0.2) is 26.9 Å². The predicted molar refractivity (Wildman–Crippen MR) is 291 cm³/mol.